The fourth-order valence-corrected chi connectivity index (χ4v) is 2.39. The maximum atomic E-state index is 12.1. The van der Waals surface area contributed by atoms with Gasteiger partial charge in [0, 0.05) is 12.2 Å². The highest BCUT2D eigenvalue weighted by atomic mass is 16.5. The van der Waals surface area contributed by atoms with E-state index in [1.807, 2.05) is 42.5 Å². The molecule has 0 radical (unpaired) electrons. The van der Waals surface area contributed by atoms with Crippen LogP contribution >= 0.6 is 0 Å². The molecule has 0 spiro atoms. The maximum absolute atomic E-state index is 12.1. The van der Waals surface area contributed by atoms with Crippen LogP contribution in [0.25, 0.3) is 0 Å². The number of methoxy groups -OCH3 is 1. The Labute approximate surface area is 137 Å². The standard InChI is InChI=1S/C19H24N2O2/c1-4-14(2)17-10-5-6-11-18(17)21-19(22)20-13-15-8-7-9-16(12-15)23-3/h5-12,14H,4,13H2,1-3H3,(H2,20,21,22). The first-order valence-corrected chi connectivity index (χ1v) is 7.90. The molecule has 122 valence electrons. The number of carbonyl (C=O) groups is 1. The summed E-state index contributed by atoms with van der Waals surface area (Å²) in [4.78, 5) is 12.1. The third-order valence-electron chi connectivity index (χ3n) is 3.94. The van der Waals surface area contributed by atoms with Gasteiger partial charge in [0.05, 0.1) is 7.11 Å². The van der Waals surface area contributed by atoms with Crippen molar-refractivity contribution in [1.29, 1.82) is 0 Å². The Morgan fingerprint density at radius 1 is 1.17 bits per heavy atom. The molecule has 23 heavy (non-hydrogen) atoms. The van der Waals surface area contributed by atoms with Crippen molar-refractivity contribution in [3.8, 4) is 5.75 Å². The lowest BCUT2D eigenvalue weighted by Crippen LogP contribution is -2.28. The molecule has 0 saturated carbocycles. The number of nitrogens with one attached hydrogen (secondary N) is 2. The second-order valence-corrected chi connectivity index (χ2v) is 5.56. The molecule has 0 heterocycles. The average molecular weight is 312 g/mol. The lowest BCUT2D eigenvalue weighted by atomic mass is 9.97. The van der Waals surface area contributed by atoms with Gasteiger partial charge in [-0.25, -0.2) is 4.79 Å². The summed E-state index contributed by atoms with van der Waals surface area (Å²) >= 11 is 0. The van der Waals surface area contributed by atoms with E-state index in [0.29, 0.717) is 12.5 Å². The van der Waals surface area contributed by atoms with Crippen molar-refractivity contribution in [2.75, 3.05) is 12.4 Å². The highest BCUT2D eigenvalue weighted by molar-refractivity contribution is 5.90. The lowest BCUT2D eigenvalue weighted by molar-refractivity contribution is 0.251. The third kappa shape index (κ3) is 4.74. The number of amides is 2. The minimum Gasteiger partial charge on any atom is -0.497 e. The number of carbonyl (C=O) groups excluding carboxylic acids is 1. The second-order valence-electron chi connectivity index (χ2n) is 5.56. The Morgan fingerprint density at radius 3 is 2.70 bits per heavy atom. The molecule has 1 atom stereocenters. The van der Waals surface area contributed by atoms with E-state index in [-0.39, 0.29) is 6.03 Å². The smallest absolute Gasteiger partial charge is 0.319 e. The van der Waals surface area contributed by atoms with Crippen molar-refractivity contribution in [2.45, 2.75) is 32.7 Å². The molecule has 0 bridgehead atoms. The fraction of sp³-hybridized carbons (Fsp3) is 0.316. The molecule has 2 aromatic rings. The van der Waals surface area contributed by atoms with Gasteiger partial charge >= 0.3 is 6.03 Å². The molecule has 4 nitrogen and oxygen atoms in total. The minimum absolute atomic E-state index is 0.205. The van der Waals surface area contributed by atoms with Crippen molar-refractivity contribution in [3.63, 3.8) is 0 Å². The maximum Gasteiger partial charge on any atom is 0.319 e. The van der Waals surface area contributed by atoms with Gasteiger partial charge in [0.15, 0.2) is 0 Å². The minimum atomic E-state index is -0.205. The highest BCUT2D eigenvalue weighted by Crippen LogP contribution is 2.26. The monoisotopic (exact) mass is 312 g/mol. The van der Waals surface area contributed by atoms with E-state index in [1.54, 1.807) is 7.11 Å². The Kier molecular flexibility index (Phi) is 6.03. The van der Waals surface area contributed by atoms with Gasteiger partial charge in [-0.05, 0) is 41.7 Å². The van der Waals surface area contributed by atoms with Crippen molar-refractivity contribution in [1.82, 2.24) is 5.32 Å². The van der Waals surface area contributed by atoms with Crippen LogP contribution < -0.4 is 15.4 Å². The number of anilines is 1. The summed E-state index contributed by atoms with van der Waals surface area (Å²) in [5.74, 6) is 1.19. The number of para-hydroxylation sites is 1. The van der Waals surface area contributed by atoms with Crippen molar-refractivity contribution in [2.24, 2.45) is 0 Å². The van der Waals surface area contributed by atoms with Crippen LogP contribution in [0.15, 0.2) is 48.5 Å². The first-order valence-electron chi connectivity index (χ1n) is 7.90. The third-order valence-corrected chi connectivity index (χ3v) is 3.94. The van der Waals surface area contributed by atoms with Gasteiger partial charge in [0.25, 0.3) is 0 Å². The SMILES string of the molecule is CCC(C)c1ccccc1NC(=O)NCc1cccc(OC)c1. The number of hydrogen-bond acceptors (Lipinski definition) is 2. The van der Waals surface area contributed by atoms with Crippen molar-refractivity contribution >= 4 is 11.7 Å². The van der Waals surface area contributed by atoms with E-state index >= 15 is 0 Å². The number of urea groups is 1. The number of ether oxygens (including phenoxy) is 1. The number of rotatable bonds is 6. The Balaban J connectivity index is 1.97. The predicted octanol–water partition coefficient (Wildman–Crippen LogP) is 4.53. The number of benzene rings is 2. The number of hydrogen-bond donors (Lipinski definition) is 2. The summed E-state index contributed by atoms with van der Waals surface area (Å²) in [5.41, 5.74) is 3.02. The summed E-state index contributed by atoms with van der Waals surface area (Å²) in [6.45, 7) is 4.76. The van der Waals surface area contributed by atoms with Crippen LogP contribution in [-0.4, -0.2) is 13.1 Å². The first kappa shape index (κ1) is 16.9. The molecule has 0 aliphatic rings. The predicted molar refractivity (Wildman–Crippen MR) is 94.0 cm³/mol. The average Bonchev–Trinajstić information content (AvgIpc) is 2.60. The molecule has 2 aromatic carbocycles. The van der Waals surface area contributed by atoms with Gasteiger partial charge in [-0.3, -0.25) is 0 Å². The zero-order valence-corrected chi connectivity index (χ0v) is 13.9. The Morgan fingerprint density at radius 2 is 1.96 bits per heavy atom. The molecule has 4 heteroatoms. The molecular formula is C19H24N2O2. The quantitative estimate of drug-likeness (QED) is 0.823. The van der Waals surface area contributed by atoms with Crippen LogP contribution in [0, 0.1) is 0 Å². The van der Waals surface area contributed by atoms with Crippen LogP contribution in [0.3, 0.4) is 0 Å². The van der Waals surface area contributed by atoms with Gasteiger partial charge in [-0.1, -0.05) is 44.2 Å². The highest BCUT2D eigenvalue weighted by Gasteiger charge is 2.10. The summed E-state index contributed by atoms with van der Waals surface area (Å²) in [5, 5.41) is 5.82. The lowest BCUT2D eigenvalue weighted by Gasteiger charge is -2.16. The van der Waals surface area contributed by atoms with E-state index in [2.05, 4.69) is 30.5 Å². The zero-order valence-electron chi connectivity index (χ0n) is 13.9. The Bertz CT molecular complexity index is 655. The fourth-order valence-electron chi connectivity index (χ4n) is 2.39. The largest absolute Gasteiger partial charge is 0.497 e. The van der Waals surface area contributed by atoms with Crippen molar-refractivity contribution in [3.05, 3.63) is 59.7 Å². The summed E-state index contributed by atoms with van der Waals surface area (Å²) in [6, 6.07) is 15.4. The van der Waals surface area contributed by atoms with Gasteiger partial charge in [-0.2, -0.15) is 0 Å². The molecule has 0 aromatic heterocycles. The molecule has 0 fully saturated rings. The zero-order chi connectivity index (χ0) is 16.7. The topological polar surface area (TPSA) is 50.4 Å². The molecule has 0 aliphatic carbocycles. The van der Waals surface area contributed by atoms with Gasteiger partial charge < -0.3 is 15.4 Å². The molecule has 2 rings (SSSR count). The summed E-state index contributed by atoms with van der Waals surface area (Å²) in [7, 11) is 1.63. The van der Waals surface area contributed by atoms with Crippen LogP contribution in [0.4, 0.5) is 10.5 Å². The molecule has 2 amide bonds. The van der Waals surface area contributed by atoms with Crippen molar-refractivity contribution < 1.29 is 9.53 Å². The molecule has 1 unspecified atom stereocenters. The van der Waals surface area contributed by atoms with E-state index in [9.17, 15) is 4.79 Å². The van der Waals surface area contributed by atoms with Gasteiger partial charge in [0.1, 0.15) is 5.75 Å². The second kappa shape index (κ2) is 8.22. The normalized spacial score (nSPS) is 11.6. The van der Waals surface area contributed by atoms with E-state index in [1.165, 1.54) is 0 Å². The molecule has 0 saturated heterocycles. The van der Waals surface area contributed by atoms with E-state index in [0.717, 1.165) is 29.0 Å². The van der Waals surface area contributed by atoms with Crippen LogP contribution in [0.5, 0.6) is 5.75 Å². The van der Waals surface area contributed by atoms with Gasteiger partial charge in [-0.15, -0.1) is 0 Å². The summed E-state index contributed by atoms with van der Waals surface area (Å²) in [6.07, 6.45) is 1.03. The first-order chi connectivity index (χ1) is 11.1. The van der Waals surface area contributed by atoms with Gasteiger partial charge in [0.2, 0.25) is 0 Å². The molecular weight excluding hydrogens is 288 g/mol. The van der Waals surface area contributed by atoms with Crippen LogP contribution in [-0.2, 0) is 6.54 Å². The molecule has 0 aliphatic heterocycles. The van der Waals surface area contributed by atoms with Crippen LogP contribution in [0.2, 0.25) is 0 Å². The van der Waals surface area contributed by atoms with E-state index in [4.69, 9.17) is 4.74 Å². The van der Waals surface area contributed by atoms with E-state index < -0.39 is 0 Å². The Hall–Kier alpha value is -2.49. The summed E-state index contributed by atoms with van der Waals surface area (Å²) < 4.78 is 5.18. The van der Waals surface area contributed by atoms with Crippen LogP contribution in [0.1, 0.15) is 37.3 Å². The molecule has 2 N–H and O–H groups in total.